The lowest BCUT2D eigenvalue weighted by Crippen LogP contribution is -2.58. The number of allylic oxidation sites excluding steroid dienone is 1. The zero-order chi connectivity index (χ0) is 35.6. The number of benzene rings is 2. The van der Waals surface area contributed by atoms with E-state index in [0.29, 0.717) is 29.1 Å². The van der Waals surface area contributed by atoms with Gasteiger partial charge >= 0.3 is 5.97 Å². The first-order valence-electron chi connectivity index (χ1n) is 17.2. The lowest BCUT2D eigenvalue weighted by atomic mass is 9.77. The van der Waals surface area contributed by atoms with Gasteiger partial charge in [-0.2, -0.15) is 0 Å². The van der Waals surface area contributed by atoms with Crippen LogP contribution in [0.4, 0.5) is 5.69 Å². The van der Waals surface area contributed by atoms with E-state index in [0.717, 1.165) is 0 Å². The van der Waals surface area contributed by atoms with Gasteiger partial charge in [0.1, 0.15) is 23.7 Å². The molecule has 2 N–H and O–H groups in total. The molecule has 2 saturated heterocycles. The van der Waals surface area contributed by atoms with Crippen molar-refractivity contribution in [3.63, 3.8) is 0 Å². The number of cyclic esters (lactones) is 1. The highest BCUT2D eigenvalue weighted by Gasteiger charge is 2.72. The second-order valence-electron chi connectivity index (χ2n) is 13.7. The number of ether oxygens (including phenoxy) is 3. The molecule has 4 heterocycles. The quantitative estimate of drug-likeness (QED) is 0.311. The number of rotatable bonds is 8. The Kier molecular flexibility index (Phi) is 10.8. The van der Waals surface area contributed by atoms with Crippen LogP contribution in [0.1, 0.15) is 44.8 Å². The monoisotopic (exact) mass is 705 g/mol. The highest BCUT2D eigenvalue weighted by Crippen LogP contribution is 2.54. The molecule has 2 aromatic rings. The summed E-state index contributed by atoms with van der Waals surface area (Å²) in [6, 6.07) is 13.4. The highest BCUT2D eigenvalue weighted by molar-refractivity contribution is 6.34. The molecule has 0 aromatic heterocycles. The fraction of sp³-hybridized carbons (Fsp3) is 0.474. The van der Waals surface area contributed by atoms with Gasteiger partial charge < -0.3 is 34.4 Å². The third-order valence-electron chi connectivity index (χ3n) is 9.99. The number of hydrogen-bond donors (Lipinski definition) is 2. The van der Waals surface area contributed by atoms with Crippen LogP contribution in [0.5, 0.6) is 0 Å². The van der Waals surface area contributed by atoms with E-state index >= 15 is 0 Å². The summed E-state index contributed by atoms with van der Waals surface area (Å²) in [5.41, 5.74) is -0.470. The van der Waals surface area contributed by atoms with E-state index in [9.17, 15) is 24.3 Å². The number of esters is 1. The topological polar surface area (TPSA) is 135 Å². The molecule has 0 aliphatic carbocycles. The number of carbonyl (C=O) groups is 4. The van der Waals surface area contributed by atoms with E-state index < -0.39 is 65.6 Å². The molecule has 6 rings (SSSR count). The van der Waals surface area contributed by atoms with E-state index in [-0.39, 0.29) is 38.0 Å². The number of aliphatic hydroxyl groups excluding tert-OH is 1. The molecule has 2 fully saturated rings. The molecule has 0 radical (unpaired) electrons. The van der Waals surface area contributed by atoms with Crippen LogP contribution in [-0.2, 0) is 33.4 Å². The molecule has 0 saturated carbocycles. The van der Waals surface area contributed by atoms with E-state index in [1.165, 1.54) is 16.9 Å². The Morgan fingerprint density at radius 1 is 1.04 bits per heavy atom. The smallest absolute Gasteiger partial charge is 0.313 e. The first-order chi connectivity index (χ1) is 24.1. The van der Waals surface area contributed by atoms with Crippen molar-refractivity contribution in [1.82, 2.24) is 10.2 Å². The number of anilines is 1. The van der Waals surface area contributed by atoms with Crippen LogP contribution in [0.25, 0.3) is 0 Å². The average Bonchev–Trinajstić information content (AvgIpc) is 3.49. The molecule has 2 aromatic carbocycles. The number of halogens is 1. The van der Waals surface area contributed by atoms with Crippen LogP contribution in [0.3, 0.4) is 0 Å². The molecule has 0 bridgehead atoms. The van der Waals surface area contributed by atoms with Gasteiger partial charge in [-0.1, -0.05) is 92.2 Å². The summed E-state index contributed by atoms with van der Waals surface area (Å²) in [5.74, 6) is -4.09. The third kappa shape index (κ3) is 6.59. The van der Waals surface area contributed by atoms with E-state index in [1.54, 1.807) is 60.7 Å². The first-order valence-corrected chi connectivity index (χ1v) is 17.5. The molecule has 266 valence electrons. The van der Waals surface area contributed by atoms with Crippen LogP contribution in [-0.4, -0.2) is 90.4 Å². The van der Waals surface area contributed by atoms with Crippen molar-refractivity contribution >= 4 is 41.0 Å². The Morgan fingerprint density at radius 2 is 1.78 bits per heavy atom. The molecule has 3 amide bonds. The molecule has 0 unspecified atom stereocenters. The number of carbonyl (C=O) groups excluding carboxylic acids is 4. The Morgan fingerprint density at radius 3 is 2.48 bits per heavy atom. The average molecular weight is 706 g/mol. The maximum Gasteiger partial charge on any atom is 0.313 e. The number of fused-ring (bicyclic) bond motifs is 2. The van der Waals surface area contributed by atoms with Crippen LogP contribution in [0.15, 0.2) is 78.9 Å². The Balaban J connectivity index is 1.48. The summed E-state index contributed by atoms with van der Waals surface area (Å²) in [6.07, 6.45) is 5.97. The Labute approximate surface area is 297 Å². The molecular formula is C38H44ClN3O8. The Hall–Kier alpha value is -4.03. The second kappa shape index (κ2) is 15.1. The number of likely N-dealkylation sites (tertiary alicyclic amines) is 1. The number of aliphatic hydroxyl groups is 1. The molecular weight excluding hydrogens is 662 g/mol. The Bertz CT molecular complexity index is 1650. The predicted octanol–water partition coefficient (Wildman–Crippen LogP) is 4.00. The number of nitrogens with one attached hydrogen (secondary N) is 1. The maximum atomic E-state index is 14.9. The molecule has 1 spiro atoms. The van der Waals surface area contributed by atoms with Crippen molar-refractivity contribution in [2.75, 3.05) is 31.8 Å². The number of nitrogens with zero attached hydrogens (tertiary/aromatic N) is 2. The lowest BCUT2D eigenvalue weighted by molar-refractivity contribution is -0.163. The predicted molar refractivity (Wildman–Crippen MR) is 186 cm³/mol. The number of para-hydroxylation sites is 1. The van der Waals surface area contributed by atoms with Crippen LogP contribution in [0, 0.1) is 17.8 Å². The van der Waals surface area contributed by atoms with Gasteiger partial charge in [0, 0.05) is 20.1 Å². The van der Waals surface area contributed by atoms with Gasteiger partial charge in [0.15, 0.2) is 0 Å². The minimum Gasteiger partial charge on any atom is -0.455 e. The second-order valence-corrected chi connectivity index (χ2v) is 14.1. The van der Waals surface area contributed by atoms with Crippen molar-refractivity contribution in [3.8, 4) is 0 Å². The van der Waals surface area contributed by atoms with E-state index in [2.05, 4.69) is 5.32 Å². The highest BCUT2D eigenvalue weighted by atomic mass is 35.5. The minimum absolute atomic E-state index is 0.0592. The third-order valence-corrected chi connectivity index (χ3v) is 10.3. The van der Waals surface area contributed by atoms with Crippen LogP contribution in [0.2, 0.25) is 5.02 Å². The fourth-order valence-corrected chi connectivity index (χ4v) is 8.17. The summed E-state index contributed by atoms with van der Waals surface area (Å²) < 4.78 is 18.6. The standard InChI is InChI=1S/C38H44ClN3O8/c1-23(2)20-25(21-43)42-34-36(46)41(28-15-8-7-14-26(28)39)19-11-18-38(34)32(35(42)45)31-29(50-38)16-9-10-17-30(44)40-27(22-48-3)33(49-37(31)47)24-12-5-4-6-13-24/h4-9,11-16,18,23,25,27,29,31-34,43H,10,17,19-22H2,1-3H3,(H,40,44)/b16-9-/t25-,27+,29+,31-,32-,33+,34+,38-/m1/s1. The van der Waals surface area contributed by atoms with Crippen molar-refractivity contribution in [3.05, 3.63) is 89.5 Å². The zero-order valence-corrected chi connectivity index (χ0v) is 29.2. The van der Waals surface area contributed by atoms with Gasteiger partial charge in [-0.15, -0.1) is 0 Å². The SMILES string of the molecule is COC[C@@H]1NC(=O)CC/C=C\[C@@H]2O[C@@]34C=CCN(c5ccccc5Cl)C(=O)[C@@H]3N([C@@H](CO)CC(C)C)C(=O)[C@H]4[C@@H]2C(=O)O[C@H]1c1ccccc1. The van der Waals surface area contributed by atoms with Crippen molar-refractivity contribution in [1.29, 1.82) is 0 Å². The van der Waals surface area contributed by atoms with Gasteiger partial charge in [0.25, 0.3) is 5.91 Å². The van der Waals surface area contributed by atoms with Gasteiger partial charge in [-0.3, -0.25) is 19.2 Å². The molecule has 4 aliphatic heterocycles. The first kappa shape index (κ1) is 35.8. The van der Waals surface area contributed by atoms with Crippen molar-refractivity contribution in [2.24, 2.45) is 17.8 Å². The molecule has 4 aliphatic rings. The maximum absolute atomic E-state index is 14.9. The number of amides is 3. The molecule has 12 heteroatoms. The molecule has 11 nitrogen and oxygen atoms in total. The van der Waals surface area contributed by atoms with Gasteiger partial charge in [-0.05, 0) is 36.5 Å². The van der Waals surface area contributed by atoms with Gasteiger partial charge in [0.2, 0.25) is 11.8 Å². The molecule has 50 heavy (non-hydrogen) atoms. The van der Waals surface area contributed by atoms with Gasteiger partial charge in [-0.25, -0.2) is 0 Å². The summed E-state index contributed by atoms with van der Waals surface area (Å²) in [6.45, 7) is 3.77. The van der Waals surface area contributed by atoms with Gasteiger partial charge in [0.05, 0.1) is 48.0 Å². The van der Waals surface area contributed by atoms with E-state index in [1.807, 2.05) is 32.0 Å². The van der Waals surface area contributed by atoms with Crippen molar-refractivity contribution < 1.29 is 38.5 Å². The minimum atomic E-state index is -1.57. The summed E-state index contributed by atoms with van der Waals surface area (Å²) >= 11 is 6.60. The van der Waals surface area contributed by atoms with E-state index in [4.69, 9.17) is 25.8 Å². The van der Waals surface area contributed by atoms with Crippen molar-refractivity contribution in [2.45, 2.75) is 69.0 Å². The van der Waals surface area contributed by atoms with Crippen LogP contribution < -0.4 is 10.2 Å². The zero-order valence-electron chi connectivity index (χ0n) is 28.4. The summed E-state index contributed by atoms with van der Waals surface area (Å²) in [7, 11) is 1.50. The number of methoxy groups -OCH3 is 1. The van der Waals surface area contributed by atoms with Crippen LogP contribution >= 0.6 is 11.6 Å². The summed E-state index contributed by atoms with van der Waals surface area (Å²) in [5, 5.41) is 14.0. The molecule has 8 atom stereocenters. The fourth-order valence-electron chi connectivity index (χ4n) is 7.93. The number of hydrogen-bond acceptors (Lipinski definition) is 8. The normalized spacial score (nSPS) is 31.2. The summed E-state index contributed by atoms with van der Waals surface area (Å²) in [4.78, 5) is 60.4. The lowest BCUT2D eigenvalue weighted by Gasteiger charge is -2.39. The largest absolute Gasteiger partial charge is 0.455 e.